The Balaban J connectivity index is 1.97. The van der Waals surface area contributed by atoms with E-state index in [0.717, 1.165) is 5.69 Å². The van der Waals surface area contributed by atoms with Crippen LogP contribution in [-0.2, 0) is 11.2 Å². The molecule has 1 aliphatic carbocycles. The summed E-state index contributed by atoms with van der Waals surface area (Å²) >= 11 is 0. The second-order valence-corrected chi connectivity index (χ2v) is 4.75. The van der Waals surface area contributed by atoms with E-state index in [1.807, 2.05) is 6.20 Å². The van der Waals surface area contributed by atoms with Crippen LogP contribution in [0.4, 0.5) is 0 Å². The smallest absolute Gasteiger partial charge is 0.320 e. The Kier molecular flexibility index (Phi) is 3.78. The van der Waals surface area contributed by atoms with Gasteiger partial charge in [-0.15, -0.1) is 0 Å². The number of hydrogen-bond acceptors (Lipinski definition) is 3. The average Bonchev–Trinajstić information content (AvgIpc) is 2.78. The summed E-state index contributed by atoms with van der Waals surface area (Å²) in [5, 5.41) is 8.74. The van der Waals surface area contributed by atoms with Crippen molar-refractivity contribution in [2.24, 2.45) is 5.73 Å². The van der Waals surface area contributed by atoms with Crippen LogP contribution < -0.4 is 5.73 Å². The maximum Gasteiger partial charge on any atom is 0.320 e. The van der Waals surface area contributed by atoms with Crippen LogP contribution >= 0.6 is 0 Å². The molecule has 0 bridgehead atoms. The lowest BCUT2D eigenvalue weighted by molar-refractivity contribution is -0.138. The lowest BCUT2D eigenvalue weighted by Gasteiger charge is -2.22. The van der Waals surface area contributed by atoms with Crippen LogP contribution in [0.1, 0.15) is 43.8 Å². The molecule has 2 rings (SSSR count). The topological polar surface area (TPSA) is 81.1 Å². The third-order valence-corrected chi connectivity index (χ3v) is 3.40. The van der Waals surface area contributed by atoms with Crippen LogP contribution in [0.25, 0.3) is 0 Å². The Morgan fingerprint density at radius 1 is 1.53 bits per heavy atom. The van der Waals surface area contributed by atoms with Crippen LogP contribution in [0.3, 0.4) is 0 Å². The van der Waals surface area contributed by atoms with Gasteiger partial charge < -0.3 is 15.4 Å². The van der Waals surface area contributed by atoms with E-state index in [0.29, 0.717) is 12.5 Å². The van der Waals surface area contributed by atoms with Gasteiger partial charge >= 0.3 is 5.97 Å². The molecule has 5 heteroatoms. The van der Waals surface area contributed by atoms with E-state index >= 15 is 0 Å². The molecule has 1 heterocycles. The van der Waals surface area contributed by atoms with Gasteiger partial charge in [0.2, 0.25) is 0 Å². The Morgan fingerprint density at radius 3 is 2.88 bits per heavy atom. The molecule has 0 aromatic carbocycles. The standard InChI is InChI=1S/C12H19N3O2/c13-11(12(16)17)6-9-7-15(8-14-9)10-4-2-1-3-5-10/h7-8,10-11H,1-6,13H2,(H,16,17)/t11-/m1/s1. The van der Waals surface area contributed by atoms with Crippen LogP contribution in [0.5, 0.6) is 0 Å². The van der Waals surface area contributed by atoms with Gasteiger partial charge in [0.1, 0.15) is 6.04 Å². The fourth-order valence-corrected chi connectivity index (χ4v) is 2.38. The summed E-state index contributed by atoms with van der Waals surface area (Å²) in [5.41, 5.74) is 6.26. The maximum atomic E-state index is 10.7. The molecule has 3 N–H and O–H groups in total. The van der Waals surface area contributed by atoms with E-state index in [-0.39, 0.29) is 0 Å². The van der Waals surface area contributed by atoms with E-state index in [1.54, 1.807) is 6.33 Å². The SMILES string of the molecule is N[C@H](Cc1cn(C2CCCCC2)cn1)C(=O)O. The van der Waals surface area contributed by atoms with E-state index < -0.39 is 12.0 Å². The second-order valence-electron chi connectivity index (χ2n) is 4.75. The number of carboxylic acids is 1. The molecule has 0 aliphatic heterocycles. The number of carbonyl (C=O) groups is 1. The molecule has 94 valence electrons. The summed E-state index contributed by atoms with van der Waals surface area (Å²) in [5.74, 6) is -0.975. The fraction of sp³-hybridized carbons (Fsp3) is 0.667. The van der Waals surface area contributed by atoms with E-state index in [1.165, 1.54) is 32.1 Å². The second kappa shape index (κ2) is 5.31. The summed E-state index contributed by atoms with van der Waals surface area (Å²) in [6, 6.07) is -0.323. The Hall–Kier alpha value is -1.36. The highest BCUT2D eigenvalue weighted by atomic mass is 16.4. The summed E-state index contributed by atoms with van der Waals surface area (Å²) in [6.45, 7) is 0. The van der Waals surface area contributed by atoms with Gasteiger partial charge in [0, 0.05) is 18.7 Å². The Bertz CT molecular complexity index is 383. The molecule has 5 nitrogen and oxygen atoms in total. The summed E-state index contributed by atoms with van der Waals surface area (Å²) < 4.78 is 2.11. The zero-order chi connectivity index (χ0) is 12.3. The van der Waals surface area contributed by atoms with Gasteiger partial charge in [-0.05, 0) is 12.8 Å². The van der Waals surface area contributed by atoms with E-state index in [9.17, 15) is 4.79 Å². The molecule has 1 aliphatic rings. The van der Waals surface area contributed by atoms with Crippen molar-refractivity contribution < 1.29 is 9.90 Å². The molecule has 1 atom stereocenters. The predicted octanol–water partition coefficient (Wildman–Crippen LogP) is 1.34. The number of aromatic nitrogens is 2. The van der Waals surface area contributed by atoms with E-state index in [4.69, 9.17) is 10.8 Å². The van der Waals surface area contributed by atoms with Crippen LogP contribution in [0.15, 0.2) is 12.5 Å². The fourth-order valence-electron chi connectivity index (χ4n) is 2.38. The van der Waals surface area contributed by atoms with Crippen molar-refractivity contribution in [3.05, 3.63) is 18.2 Å². The van der Waals surface area contributed by atoms with Gasteiger partial charge in [-0.1, -0.05) is 19.3 Å². The molecule has 1 saturated carbocycles. The number of imidazole rings is 1. The van der Waals surface area contributed by atoms with Crippen molar-refractivity contribution >= 4 is 5.97 Å². The molecular formula is C12H19N3O2. The minimum atomic E-state index is -0.975. The highest BCUT2D eigenvalue weighted by Crippen LogP contribution is 2.27. The van der Waals surface area contributed by atoms with Crippen LogP contribution in [0.2, 0.25) is 0 Å². The van der Waals surface area contributed by atoms with Crippen molar-refractivity contribution in [2.75, 3.05) is 0 Å². The molecule has 1 aromatic rings. The largest absolute Gasteiger partial charge is 0.480 e. The van der Waals surface area contributed by atoms with E-state index in [2.05, 4.69) is 9.55 Å². The number of nitrogens with zero attached hydrogens (tertiary/aromatic N) is 2. The monoisotopic (exact) mass is 237 g/mol. The summed E-state index contributed by atoms with van der Waals surface area (Å²) in [4.78, 5) is 14.9. The van der Waals surface area contributed by atoms with Gasteiger partial charge in [-0.25, -0.2) is 4.98 Å². The molecule has 0 spiro atoms. The lowest BCUT2D eigenvalue weighted by atomic mass is 9.95. The highest BCUT2D eigenvalue weighted by molar-refractivity contribution is 5.73. The van der Waals surface area contributed by atoms with Gasteiger partial charge in [0.15, 0.2) is 0 Å². The third kappa shape index (κ3) is 3.06. The maximum absolute atomic E-state index is 10.7. The molecular weight excluding hydrogens is 218 g/mol. The van der Waals surface area contributed by atoms with Crippen LogP contribution in [-0.4, -0.2) is 26.7 Å². The minimum Gasteiger partial charge on any atom is -0.480 e. The molecule has 0 saturated heterocycles. The average molecular weight is 237 g/mol. The van der Waals surface area contributed by atoms with Crippen molar-refractivity contribution in [2.45, 2.75) is 50.6 Å². The quantitative estimate of drug-likeness (QED) is 0.828. The first-order chi connectivity index (χ1) is 8.16. The van der Waals surface area contributed by atoms with Gasteiger partial charge in [-0.3, -0.25) is 4.79 Å². The number of hydrogen-bond donors (Lipinski definition) is 2. The van der Waals surface area contributed by atoms with Crippen molar-refractivity contribution in [3.63, 3.8) is 0 Å². The number of rotatable bonds is 4. The number of aliphatic carboxylic acids is 1. The zero-order valence-electron chi connectivity index (χ0n) is 9.88. The Labute approximate surface area is 101 Å². The first-order valence-electron chi connectivity index (χ1n) is 6.17. The Morgan fingerprint density at radius 2 is 2.24 bits per heavy atom. The normalized spacial score (nSPS) is 19.1. The molecule has 0 radical (unpaired) electrons. The summed E-state index contributed by atoms with van der Waals surface area (Å²) in [6.07, 6.45) is 10.3. The molecule has 1 aromatic heterocycles. The van der Waals surface area contributed by atoms with Gasteiger partial charge in [0.05, 0.1) is 12.0 Å². The molecule has 17 heavy (non-hydrogen) atoms. The molecule has 1 fully saturated rings. The zero-order valence-corrected chi connectivity index (χ0v) is 9.88. The molecule has 0 unspecified atom stereocenters. The van der Waals surface area contributed by atoms with Crippen molar-refractivity contribution in [3.8, 4) is 0 Å². The minimum absolute atomic E-state index is 0.301. The third-order valence-electron chi connectivity index (χ3n) is 3.40. The lowest BCUT2D eigenvalue weighted by Crippen LogP contribution is -2.32. The number of carboxylic acid groups (broad SMARTS) is 1. The van der Waals surface area contributed by atoms with Gasteiger partial charge in [0.25, 0.3) is 0 Å². The molecule has 0 amide bonds. The van der Waals surface area contributed by atoms with Crippen molar-refractivity contribution in [1.29, 1.82) is 0 Å². The highest BCUT2D eigenvalue weighted by Gasteiger charge is 2.17. The summed E-state index contributed by atoms with van der Waals surface area (Å²) in [7, 11) is 0. The first kappa shape index (κ1) is 12.1. The first-order valence-corrected chi connectivity index (χ1v) is 6.17. The van der Waals surface area contributed by atoms with Crippen LogP contribution in [0, 0.1) is 0 Å². The van der Waals surface area contributed by atoms with Crippen molar-refractivity contribution in [1.82, 2.24) is 9.55 Å². The predicted molar refractivity (Wildman–Crippen MR) is 63.7 cm³/mol. The number of nitrogens with two attached hydrogens (primary N) is 1. The van der Waals surface area contributed by atoms with Gasteiger partial charge in [-0.2, -0.15) is 0 Å².